The predicted octanol–water partition coefficient (Wildman–Crippen LogP) is 1.85. The van der Waals surface area contributed by atoms with Crippen molar-refractivity contribution in [2.75, 3.05) is 0 Å². The van der Waals surface area contributed by atoms with E-state index in [1.807, 2.05) is 0 Å². The number of rotatable bonds is 0. The van der Waals surface area contributed by atoms with Gasteiger partial charge in [0.2, 0.25) is 0 Å². The fourth-order valence-electron chi connectivity index (χ4n) is 2.15. The van der Waals surface area contributed by atoms with Crippen LogP contribution in [0, 0.1) is 11.8 Å². The molecule has 0 radical (unpaired) electrons. The first kappa shape index (κ1) is 6.47. The lowest BCUT2D eigenvalue weighted by Crippen LogP contribution is -2.22. The van der Waals surface area contributed by atoms with Gasteiger partial charge in [0.05, 0.1) is 11.1 Å². The lowest BCUT2D eigenvalue weighted by atomic mass is 9.98. The molecule has 0 aromatic carbocycles. The Labute approximate surface area is 64.9 Å². The van der Waals surface area contributed by atoms with Crippen LogP contribution in [0.4, 0.5) is 0 Å². The van der Waals surface area contributed by atoms with Gasteiger partial charge in [-0.2, -0.15) is 0 Å². The highest BCUT2D eigenvalue weighted by Gasteiger charge is 2.44. The summed E-state index contributed by atoms with van der Waals surface area (Å²) in [7, 11) is 0. The second kappa shape index (κ2) is 2.12. The average Bonchev–Trinajstić information content (AvgIpc) is 2.46. The monoisotopic (exact) mass is 159 g/mol. The number of fused-ring (bicyclic) bond motifs is 2. The van der Waals surface area contributed by atoms with Crippen LogP contribution in [-0.4, -0.2) is 16.3 Å². The van der Waals surface area contributed by atoms with Gasteiger partial charge in [-0.05, 0) is 25.2 Å². The summed E-state index contributed by atoms with van der Waals surface area (Å²) in [6.07, 6.45) is 3.54. The van der Waals surface area contributed by atoms with Gasteiger partial charge >= 0.3 is 0 Å². The summed E-state index contributed by atoms with van der Waals surface area (Å²) >= 11 is 5.98. The highest BCUT2D eigenvalue weighted by molar-refractivity contribution is 6.33. The normalized spacial score (nSPS) is 48.9. The van der Waals surface area contributed by atoms with E-state index in [1.54, 1.807) is 0 Å². The second-order valence-electron chi connectivity index (χ2n) is 3.20. The summed E-state index contributed by atoms with van der Waals surface area (Å²) in [6, 6.07) is 0. The molecule has 56 valence electrons. The molecule has 2 nitrogen and oxygen atoms in total. The predicted molar refractivity (Wildman–Crippen MR) is 39.7 cm³/mol. The maximum absolute atomic E-state index is 8.56. The molecule has 10 heavy (non-hydrogen) atoms. The lowest BCUT2D eigenvalue weighted by molar-refractivity contribution is 0.313. The van der Waals surface area contributed by atoms with Gasteiger partial charge in [-0.3, -0.25) is 0 Å². The molecule has 2 rings (SSSR count). The fourth-order valence-corrected chi connectivity index (χ4v) is 2.60. The zero-order chi connectivity index (χ0) is 7.14. The SMILES string of the molecule is O/N=C1\C2CCC(C2)C1Cl. The van der Waals surface area contributed by atoms with E-state index < -0.39 is 0 Å². The van der Waals surface area contributed by atoms with Crippen molar-refractivity contribution in [1.82, 2.24) is 0 Å². The lowest BCUT2D eigenvalue weighted by Gasteiger charge is -2.15. The molecule has 0 amide bonds. The van der Waals surface area contributed by atoms with Crippen LogP contribution in [0.25, 0.3) is 0 Å². The molecule has 0 spiro atoms. The van der Waals surface area contributed by atoms with Gasteiger partial charge in [-0.15, -0.1) is 11.6 Å². The zero-order valence-corrected chi connectivity index (χ0v) is 6.38. The molecule has 3 atom stereocenters. The minimum atomic E-state index is 0.0312. The zero-order valence-electron chi connectivity index (χ0n) is 5.63. The Morgan fingerprint density at radius 1 is 1.50 bits per heavy atom. The highest BCUT2D eigenvalue weighted by atomic mass is 35.5. The quantitative estimate of drug-likeness (QED) is 0.327. The molecule has 2 bridgehead atoms. The molecule has 0 aliphatic heterocycles. The van der Waals surface area contributed by atoms with Crippen LogP contribution < -0.4 is 0 Å². The molecule has 1 N–H and O–H groups in total. The maximum atomic E-state index is 8.56. The minimum absolute atomic E-state index is 0.0312. The van der Waals surface area contributed by atoms with Crippen molar-refractivity contribution in [3.05, 3.63) is 0 Å². The summed E-state index contributed by atoms with van der Waals surface area (Å²) in [6.45, 7) is 0. The van der Waals surface area contributed by atoms with Crippen LogP contribution in [0.5, 0.6) is 0 Å². The molecular formula is C7H10ClNO. The standard InChI is InChI=1S/C7H10ClNO/c8-6-4-1-2-5(3-4)7(6)9-10/h4-6,10H,1-3H2/b9-7+. The van der Waals surface area contributed by atoms with E-state index in [0.29, 0.717) is 11.8 Å². The average molecular weight is 160 g/mol. The smallest absolute Gasteiger partial charge is 0.0782 e. The number of hydrogen-bond acceptors (Lipinski definition) is 2. The van der Waals surface area contributed by atoms with Crippen molar-refractivity contribution in [2.24, 2.45) is 17.0 Å². The number of alkyl halides is 1. The van der Waals surface area contributed by atoms with Gasteiger partial charge in [-0.1, -0.05) is 5.16 Å². The fraction of sp³-hybridized carbons (Fsp3) is 0.857. The number of oxime groups is 1. The molecule has 0 heterocycles. The molecule has 0 aromatic rings. The Morgan fingerprint density at radius 3 is 2.70 bits per heavy atom. The molecule has 2 fully saturated rings. The van der Waals surface area contributed by atoms with E-state index in [4.69, 9.17) is 16.8 Å². The van der Waals surface area contributed by atoms with Crippen LogP contribution in [0.1, 0.15) is 19.3 Å². The summed E-state index contributed by atoms with van der Waals surface area (Å²) in [5, 5.41) is 11.8. The third-order valence-corrected chi connectivity index (χ3v) is 3.28. The molecule has 0 aromatic heterocycles. The highest BCUT2D eigenvalue weighted by Crippen LogP contribution is 2.45. The van der Waals surface area contributed by atoms with E-state index >= 15 is 0 Å². The molecule has 2 saturated carbocycles. The van der Waals surface area contributed by atoms with E-state index in [0.717, 1.165) is 12.1 Å². The summed E-state index contributed by atoms with van der Waals surface area (Å²) < 4.78 is 0. The van der Waals surface area contributed by atoms with Crippen molar-refractivity contribution < 1.29 is 5.21 Å². The Kier molecular flexibility index (Phi) is 1.37. The molecule has 3 unspecified atom stereocenters. The Hall–Kier alpha value is -0.240. The summed E-state index contributed by atoms with van der Waals surface area (Å²) in [4.78, 5) is 0. The van der Waals surface area contributed by atoms with E-state index in [-0.39, 0.29) is 5.38 Å². The van der Waals surface area contributed by atoms with Gasteiger partial charge in [0.25, 0.3) is 0 Å². The Balaban J connectivity index is 2.25. The van der Waals surface area contributed by atoms with Crippen LogP contribution in [-0.2, 0) is 0 Å². The topological polar surface area (TPSA) is 32.6 Å². The molecule has 0 saturated heterocycles. The van der Waals surface area contributed by atoms with Crippen molar-refractivity contribution in [3.8, 4) is 0 Å². The second-order valence-corrected chi connectivity index (χ2v) is 3.67. The number of hydrogen-bond donors (Lipinski definition) is 1. The third-order valence-electron chi connectivity index (χ3n) is 2.70. The number of halogens is 1. The van der Waals surface area contributed by atoms with Crippen LogP contribution in [0.2, 0.25) is 0 Å². The van der Waals surface area contributed by atoms with E-state index in [2.05, 4.69) is 5.16 Å². The van der Waals surface area contributed by atoms with E-state index in [1.165, 1.54) is 12.8 Å². The molecule has 2 aliphatic rings. The largest absolute Gasteiger partial charge is 0.411 e. The minimum Gasteiger partial charge on any atom is -0.411 e. The number of nitrogens with zero attached hydrogens (tertiary/aromatic N) is 1. The first-order valence-electron chi connectivity index (χ1n) is 3.69. The molecular weight excluding hydrogens is 150 g/mol. The van der Waals surface area contributed by atoms with Crippen molar-refractivity contribution in [3.63, 3.8) is 0 Å². The first-order valence-corrected chi connectivity index (χ1v) is 4.12. The van der Waals surface area contributed by atoms with Gasteiger partial charge in [-0.25, -0.2) is 0 Å². The van der Waals surface area contributed by atoms with Gasteiger partial charge in [0.1, 0.15) is 0 Å². The van der Waals surface area contributed by atoms with Crippen LogP contribution in [0.3, 0.4) is 0 Å². The van der Waals surface area contributed by atoms with Gasteiger partial charge in [0.15, 0.2) is 0 Å². The summed E-state index contributed by atoms with van der Waals surface area (Å²) in [5.41, 5.74) is 0.831. The van der Waals surface area contributed by atoms with Crippen molar-refractivity contribution in [1.29, 1.82) is 0 Å². The summed E-state index contributed by atoms with van der Waals surface area (Å²) in [5.74, 6) is 1.09. The van der Waals surface area contributed by atoms with Crippen LogP contribution >= 0.6 is 11.6 Å². The Morgan fingerprint density at radius 2 is 2.30 bits per heavy atom. The molecule has 2 aliphatic carbocycles. The van der Waals surface area contributed by atoms with Crippen LogP contribution in [0.15, 0.2) is 5.16 Å². The van der Waals surface area contributed by atoms with Gasteiger partial charge < -0.3 is 5.21 Å². The van der Waals surface area contributed by atoms with E-state index in [9.17, 15) is 0 Å². The first-order chi connectivity index (χ1) is 4.83. The van der Waals surface area contributed by atoms with Gasteiger partial charge in [0, 0.05) is 5.92 Å². The van der Waals surface area contributed by atoms with Crippen molar-refractivity contribution >= 4 is 17.3 Å². The Bertz CT molecular complexity index is 176. The molecule has 3 heteroatoms. The maximum Gasteiger partial charge on any atom is 0.0782 e. The van der Waals surface area contributed by atoms with Crippen molar-refractivity contribution in [2.45, 2.75) is 24.6 Å². The third kappa shape index (κ3) is 0.685.